The minimum Gasteiger partial charge on any atom is -0.465 e. The van der Waals surface area contributed by atoms with Crippen LogP contribution in [0.5, 0.6) is 0 Å². The van der Waals surface area contributed by atoms with Gasteiger partial charge in [0.15, 0.2) is 0 Å². The van der Waals surface area contributed by atoms with Gasteiger partial charge in [0.25, 0.3) is 5.91 Å². The lowest BCUT2D eigenvalue weighted by Crippen LogP contribution is -2.41. The molecule has 0 spiro atoms. The lowest BCUT2D eigenvalue weighted by Gasteiger charge is -2.07. The van der Waals surface area contributed by atoms with Crippen molar-refractivity contribution in [2.24, 2.45) is 0 Å². The van der Waals surface area contributed by atoms with E-state index in [4.69, 9.17) is 0 Å². The third-order valence-corrected chi connectivity index (χ3v) is 2.34. The second-order valence-corrected chi connectivity index (χ2v) is 3.82. The average molecular weight is 264 g/mol. The summed E-state index contributed by atoms with van der Waals surface area (Å²) in [4.78, 5) is 34.3. The van der Waals surface area contributed by atoms with E-state index in [1.807, 2.05) is 6.92 Å². The molecule has 0 saturated heterocycles. The summed E-state index contributed by atoms with van der Waals surface area (Å²) in [6.07, 6.45) is 1.03. The van der Waals surface area contributed by atoms with Gasteiger partial charge in [-0.05, 0) is 24.6 Å². The topological polar surface area (TPSA) is 84.5 Å². The number of hydrogen-bond acceptors (Lipinski definition) is 4. The normalized spacial score (nSPS) is 9.58. The first kappa shape index (κ1) is 14.7. The molecule has 6 heteroatoms. The van der Waals surface area contributed by atoms with E-state index in [1.165, 1.54) is 25.3 Å². The van der Waals surface area contributed by atoms with Crippen LogP contribution in [-0.2, 0) is 9.53 Å². The Hall–Kier alpha value is -2.37. The second kappa shape index (κ2) is 7.15. The van der Waals surface area contributed by atoms with Crippen molar-refractivity contribution in [1.82, 2.24) is 10.9 Å². The summed E-state index contributed by atoms with van der Waals surface area (Å²) in [5.74, 6) is -1.28. The number of rotatable bonds is 4. The van der Waals surface area contributed by atoms with Gasteiger partial charge in [0.2, 0.25) is 5.91 Å². The Morgan fingerprint density at radius 2 is 1.84 bits per heavy atom. The van der Waals surface area contributed by atoms with Crippen LogP contribution in [0.4, 0.5) is 0 Å². The molecule has 0 aliphatic rings. The Kier molecular flexibility index (Phi) is 5.53. The average Bonchev–Trinajstić information content (AvgIpc) is 2.44. The monoisotopic (exact) mass is 264 g/mol. The molecule has 19 heavy (non-hydrogen) atoms. The second-order valence-electron chi connectivity index (χ2n) is 3.82. The molecule has 1 aromatic rings. The maximum Gasteiger partial charge on any atom is 0.337 e. The zero-order valence-corrected chi connectivity index (χ0v) is 10.9. The molecule has 0 atom stereocenters. The summed E-state index contributed by atoms with van der Waals surface area (Å²) in [6, 6.07) is 6.04. The highest BCUT2D eigenvalue weighted by molar-refractivity contribution is 5.98. The van der Waals surface area contributed by atoms with Crippen molar-refractivity contribution in [3.63, 3.8) is 0 Å². The molecule has 0 aliphatic carbocycles. The minimum atomic E-state index is -0.523. The highest BCUT2D eigenvalue weighted by Crippen LogP contribution is 2.06. The number of hydrazine groups is 1. The van der Waals surface area contributed by atoms with Gasteiger partial charge in [-0.2, -0.15) is 0 Å². The van der Waals surface area contributed by atoms with E-state index in [0.29, 0.717) is 12.8 Å². The number of nitrogens with one attached hydrogen (secondary N) is 2. The molecule has 0 radical (unpaired) electrons. The molecule has 2 N–H and O–H groups in total. The first-order valence-electron chi connectivity index (χ1n) is 5.86. The van der Waals surface area contributed by atoms with Gasteiger partial charge in [-0.15, -0.1) is 0 Å². The van der Waals surface area contributed by atoms with Gasteiger partial charge in [-0.3, -0.25) is 20.4 Å². The predicted octanol–water partition coefficient (Wildman–Crippen LogP) is 1.03. The SMILES string of the molecule is CCCC(=O)NNC(=O)c1cccc(C(=O)OC)c1. The van der Waals surface area contributed by atoms with E-state index in [2.05, 4.69) is 15.6 Å². The minimum absolute atomic E-state index is 0.264. The van der Waals surface area contributed by atoms with Crippen molar-refractivity contribution in [2.75, 3.05) is 7.11 Å². The van der Waals surface area contributed by atoms with E-state index >= 15 is 0 Å². The van der Waals surface area contributed by atoms with Gasteiger partial charge in [-0.25, -0.2) is 4.79 Å². The van der Waals surface area contributed by atoms with Crippen LogP contribution in [-0.4, -0.2) is 24.9 Å². The zero-order valence-electron chi connectivity index (χ0n) is 10.9. The number of hydrogen-bond donors (Lipinski definition) is 2. The number of amides is 2. The van der Waals surface area contributed by atoms with Crippen molar-refractivity contribution in [2.45, 2.75) is 19.8 Å². The Morgan fingerprint density at radius 3 is 2.47 bits per heavy atom. The highest BCUT2D eigenvalue weighted by Gasteiger charge is 2.11. The van der Waals surface area contributed by atoms with E-state index in [9.17, 15) is 14.4 Å². The Morgan fingerprint density at radius 1 is 1.16 bits per heavy atom. The van der Waals surface area contributed by atoms with E-state index in [1.54, 1.807) is 6.07 Å². The lowest BCUT2D eigenvalue weighted by atomic mass is 10.1. The quantitative estimate of drug-likeness (QED) is 0.628. The summed E-state index contributed by atoms with van der Waals surface area (Å²) in [5, 5.41) is 0. The van der Waals surface area contributed by atoms with Crippen LogP contribution in [0.15, 0.2) is 24.3 Å². The van der Waals surface area contributed by atoms with E-state index in [0.717, 1.165) is 0 Å². The van der Waals surface area contributed by atoms with Crippen molar-refractivity contribution in [3.8, 4) is 0 Å². The molecular weight excluding hydrogens is 248 g/mol. The summed E-state index contributed by atoms with van der Waals surface area (Å²) < 4.78 is 4.56. The zero-order chi connectivity index (χ0) is 14.3. The van der Waals surface area contributed by atoms with Crippen molar-refractivity contribution in [3.05, 3.63) is 35.4 Å². The Bertz CT molecular complexity index is 485. The largest absolute Gasteiger partial charge is 0.465 e. The number of ether oxygens (including phenoxy) is 1. The standard InChI is InChI=1S/C13H16N2O4/c1-3-5-11(16)14-15-12(17)9-6-4-7-10(8-9)13(18)19-2/h4,6-8H,3,5H2,1-2H3,(H,14,16)(H,15,17). The number of benzene rings is 1. The molecule has 2 amide bonds. The molecule has 0 aromatic heterocycles. The van der Waals surface area contributed by atoms with Gasteiger partial charge in [-0.1, -0.05) is 13.0 Å². The van der Waals surface area contributed by atoms with Gasteiger partial charge in [0.1, 0.15) is 0 Å². The number of carbonyl (C=O) groups is 3. The molecule has 102 valence electrons. The van der Waals surface area contributed by atoms with Gasteiger partial charge < -0.3 is 4.74 Å². The molecule has 1 rings (SSSR count). The molecule has 0 aliphatic heterocycles. The van der Waals surface area contributed by atoms with Gasteiger partial charge in [0.05, 0.1) is 12.7 Å². The van der Waals surface area contributed by atoms with Gasteiger partial charge >= 0.3 is 5.97 Å². The summed E-state index contributed by atoms with van der Waals surface area (Å²) >= 11 is 0. The van der Waals surface area contributed by atoms with Crippen LogP contribution in [0.1, 0.15) is 40.5 Å². The summed E-state index contributed by atoms with van der Waals surface area (Å²) in [6.45, 7) is 1.86. The Labute approximate surface area is 111 Å². The highest BCUT2D eigenvalue weighted by atomic mass is 16.5. The Balaban J connectivity index is 2.67. The van der Waals surface area contributed by atoms with Crippen molar-refractivity contribution in [1.29, 1.82) is 0 Å². The fraction of sp³-hybridized carbons (Fsp3) is 0.308. The molecule has 6 nitrogen and oxygen atoms in total. The fourth-order valence-corrected chi connectivity index (χ4v) is 1.39. The first-order valence-corrected chi connectivity index (χ1v) is 5.86. The number of esters is 1. The molecule has 1 aromatic carbocycles. The van der Waals surface area contributed by atoms with Gasteiger partial charge in [0, 0.05) is 12.0 Å². The molecule has 0 fully saturated rings. The first-order chi connectivity index (χ1) is 9.08. The van der Waals surface area contributed by atoms with Crippen molar-refractivity contribution >= 4 is 17.8 Å². The third-order valence-electron chi connectivity index (χ3n) is 2.34. The van der Waals surface area contributed by atoms with Crippen molar-refractivity contribution < 1.29 is 19.1 Å². The lowest BCUT2D eigenvalue weighted by molar-refractivity contribution is -0.121. The smallest absolute Gasteiger partial charge is 0.337 e. The van der Waals surface area contributed by atoms with Crippen LogP contribution >= 0.6 is 0 Å². The maximum absolute atomic E-state index is 11.7. The van der Waals surface area contributed by atoms with Crippen LogP contribution in [0, 0.1) is 0 Å². The van der Waals surface area contributed by atoms with Crippen LogP contribution in [0.25, 0.3) is 0 Å². The molecule has 0 saturated carbocycles. The molecule has 0 heterocycles. The number of carbonyl (C=O) groups excluding carboxylic acids is 3. The third kappa shape index (κ3) is 4.42. The van der Waals surface area contributed by atoms with E-state index < -0.39 is 11.9 Å². The predicted molar refractivity (Wildman–Crippen MR) is 68.3 cm³/mol. The fourth-order valence-electron chi connectivity index (χ4n) is 1.39. The molecule has 0 unspecified atom stereocenters. The van der Waals surface area contributed by atoms with Crippen LogP contribution in [0.3, 0.4) is 0 Å². The summed E-state index contributed by atoms with van der Waals surface area (Å²) in [5.41, 5.74) is 5.10. The number of methoxy groups -OCH3 is 1. The van der Waals surface area contributed by atoms with Crippen LogP contribution in [0.2, 0.25) is 0 Å². The molecule has 0 bridgehead atoms. The summed E-state index contributed by atoms with van der Waals surface area (Å²) in [7, 11) is 1.26. The molecular formula is C13H16N2O4. The maximum atomic E-state index is 11.7. The van der Waals surface area contributed by atoms with Crippen LogP contribution < -0.4 is 10.9 Å². The van der Waals surface area contributed by atoms with E-state index in [-0.39, 0.29) is 17.0 Å².